The molecular weight excluding hydrogens is 384 g/mol. The highest BCUT2D eigenvalue weighted by atomic mass is 32.2. The van der Waals surface area contributed by atoms with Crippen LogP contribution < -0.4 is 9.47 Å². The van der Waals surface area contributed by atoms with E-state index >= 15 is 0 Å². The summed E-state index contributed by atoms with van der Waals surface area (Å²) in [4.78, 5) is 13.5. The molecule has 0 N–H and O–H groups in total. The summed E-state index contributed by atoms with van der Waals surface area (Å²) in [5.74, 6) is 5.20. The van der Waals surface area contributed by atoms with Crippen LogP contribution in [0.3, 0.4) is 0 Å². The van der Waals surface area contributed by atoms with Crippen molar-refractivity contribution in [3.63, 3.8) is 0 Å². The van der Waals surface area contributed by atoms with E-state index < -0.39 is 0 Å². The maximum absolute atomic E-state index is 13.5. The minimum atomic E-state index is 0.139. The first-order valence-corrected chi connectivity index (χ1v) is 12.1. The molecule has 1 aliphatic carbocycles. The van der Waals surface area contributed by atoms with Gasteiger partial charge in [-0.3, -0.25) is 4.79 Å². The van der Waals surface area contributed by atoms with Gasteiger partial charge in [-0.05, 0) is 61.4 Å². The molecule has 0 spiro atoms. The predicted molar refractivity (Wildman–Crippen MR) is 118 cm³/mol. The van der Waals surface area contributed by atoms with Crippen LogP contribution in [0.25, 0.3) is 0 Å². The quantitative estimate of drug-likeness (QED) is 0.479. The first-order valence-electron chi connectivity index (χ1n) is 10.4. The van der Waals surface area contributed by atoms with Crippen molar-refractivity contribution in [1.82, 2.24) is 0 Å². The molecular formula is C24H29O4S+. The molecule has 0 amide bonds. The van der Waals surface area contributed by atoms with Crippen LogP contribution in [-0.4, -0.2) is 42.9 Å². The summed E-state index contributed by atoms with van der Waals surface area (Å²) < 4.78 is 16.6. The topological polar surface area (TPSA) is 44.8 Å². The largest absolute Gasteiger partial charge is 0.497 e. The molecule has 2 aromatic carbocycles. The van der Waals surface area contributed by atoms with Gasteiger partial charge in [0.1, 0.15) is 28.8 Å². The van der Waals surface area contributed by atoms with Crippen molar-refractivity contribution in [3.8, 4) is 17.2 Å². The van der Waals surface area contributed by atoms with E-state index in [2.05, 4.69) is 0 Å². The molecule has 1 atom stereocenters. The second-order valence-corrected chi connectivity index (χ2v) is 10.1. The average molecular weight is 414 g/mol. The van der Waals surface area contributed by atoms with Gasteiger partial charge in [-0.25, -0.2) is 0 Å². The summed E-state index contributed by atoms with van der Waals surface area (Å²) in [6.07, 6.45) is 4.91. The second-order valence-electron chi connectivity index (χ2n) is 7.69. The van der Waals surface area contributed by atoms with Gasteiger partial charge in [0.2, 0.25) is 5.78 Å². The highest BCUT2D eigenvalue weighted by molar-refractivity contribution is 7.98. The van der Waals surface area contributed by atoms with Crippen molar-refractivity contribution < 1.29 is 19.0 Å². The fourth-order valence-electron chi connectivity index (χ4n) is 4.32. The van der Waals surface area contributed by atoms with Crippen molar-refractivity contribution in [2.45, 2.75) is 30.9 Å². The summed E-state index contributed by atoms with van der Waals surface area (Å²) in [5.41, 5.74) is 0.808. The van der Waals surface area contributed by atoms with Crippen LogP contribution in [0.1, 0.15) is 36.0 Å². The van der Waals surface area contributed by atoms with Crippen LogP contribution in [0.2, 0.25) is 0 Å². The lowest BCUT2D eigenvalue weighted by Gasteiger charge is -2.26. The van der Waals surface area contributed by atoms with E-state index in [1.807, 2.05) is 48.5 Å². The van der Waals surface area contributed by atoms with Gasteiger partial charge in [0, 0.05) is 22.4 Å². The van der Waals surface area contributed by atoms with Crippen molar-refractivity contribution in [2.24, 2.45) is 5.92 Å². The van der Waals surface area contributed by atoms with Gasteiger partial charge in [0.05, 0.1) is 20.3 Å². The Hall–Kier alpha value is -1.98. The molecule has 0 aromatic heterocycles. The number of Topliss-reactive ketones (excluding diaryl/α,β-unsaturated/α-hetero) is 1. The smallest absolute Gasteiger partial charge is 0.215 e. The lowest BCUT2D eigenvalue weighted by atomic mass is 9.96. The predicted octanol–water partition coefficient (Wildman–Crippen LogP) is 4.88. The van der Waals surface area contributed by atoms with Crippen molar-refractivity contribution in [2.75, 3.05) is 31.8 Å². The molecule has 1 aliphatic heterocycles. The SMILES string of the molecule is COc1ccc(Oc2ccc(C(=O)C(C3CCCC3)[S+]3CCOCC3)cc2)cc1. The normalized spacial score (nSPS) is 19.1. The van der Waals surface area contributed by atoms with Crippen LogP contribution in [0, 0.1) is 5.92 Å². The highest BCUT2D eigenvalue weighted by Crippen LogP contribution is 2.35. The molecule has 154 valence electrons. The van der Waals surface area contributed by atoms with Crippen LogP contribution in [0.5, 0.6) is 17.2 Å². The van der Waals surface area contributed by atoms with Crippen LogP contribution in [0.15, 0.2) is 48.5 Å². The van der Waals surface area contributed by atoms with Crippen LogP contribution in [0.4, 0.5) is 0 Å². The third kappa shape index (κ3) is 4.96. The summed E-state index contributed by atoms with van der Waals surface area (Å²) in [6.45, 7) is 1.60. The minimum absolute atomic E-state index is 0.139. The lowest BCUT2D eigenvalue weighted by molar-refractivity contribution is 0.0967. The second kappa shape index (κ2) is 9.68. The Balaban J connectivity index is 1.47. The molecule has 1 saturated carbocycles. The molecule has 1 heterocycles. The Morgan fingerprint density at radius 2 is 1.48 bits per heavy atom. The monoisotopic (exact) mass is 413 g/mol. The zero-order valence-electron chi connectivity index (χ0n) is 17.0. The summed E-state index contributed by atoms with van der Waals surface area (Å²) in [5, 5.41) is 0.162. The van der Waals surface area contributed by atoms with Crippen LogP contribution >= 0.6 is 0 Å². The number of carbonyl (C=O) groups excluding carboxylic acids is 1. The maximum atomic E-state index is 13.5. The standard InChI is InChI=1S/C24H29O4S/c1-26-20-10-12-22(13-11-20)28-21-8-6-18(7-9-21)23(25)24(19-4-2-3-5-19)29-16-14-27-15-17-29/h6-13,19,24H,2-5,14-17H2,1H3/q+1. The fourth-order valence-corrected chi connectivity index (χ4v) is 6.95. The molecule has 2 aromatic rings. The Morgan fingerprint density at radius 1 is 0.931 bits per heavy atom. The number of carbonyl (C=O) groups is 1. The van der Waals surface area contributed by atoms with E-state index in [0.29, 0.717) is 11.7 Å². The Bertz CT molecular complexity index is 791. The molecule has 5 heteroatoms. The molecule has 4 rings (SSSR count). The summed E-state index contributed by atoms with van der Waals surface area (Å²) in [7, 11) is 1.78. The molecule has 0 radical (unpaired) electrons. The van der Waals surface area contributed by atoms with E-state index in [-0.39, 0.29) is 16.1 Å². The Kier molecular flexibility index (Phi) is 6.78. The summed E-state index contributed by atoms with van der Waals surface area (Å²) in [6, 6.07) is 15.1. The number of hydrogen-bond donors (Lipinski definition) is 0. The minimum Gasteiger partial charge on any atom is -0.497 e. The van der Waals surface area contributed by atoms with E-state index in [4.69, 9.17) is 14.2 Å². The fraction of sp³-hybridized carbons (Fsp3) is 0.458. The lowest BCUT2D eigenvalue weighted by Crippen LogP contribution is -2.43. The van der Waals surface area contributed by atoms with E-state index in [0.717, 1.165) is 47.5 Å². The Morgan fingerprint density at radius 3 is 2.07 bits per heavy atom. The highest BCUT2D eigenvalue weighted by Gasteiger charge is 2.44. The molecule has 2 fully saturated rings. The number of benzene rings is 2. The Labute approximate surface area is 175 Å². The van der Waals surface area contributed by atoms with Gasteiger partial charge in [-0.15, -0.1) is 0 Å². The number of ether oxygens (including phenoxy) is 3. The van der Waals surface area contributed by atoms with E-state index in [1.54, 1.807) is 7.11 Å². The first kappa shape index (κ1) is 20.3. The van der Waals surface area contributed by atoms with E-state index in [9.17, 15) is 4.79 Å². The third-order valence-corrected chi connectivity index (χ3v) is 8.56. The molecule has 4 nitrogen and oxygen atoms in total. The average Bonchev–Trinajstić information content (AvgIpc) is 3.30. The third-order valence-electron chi connectivity index (χ3n) is 5.86. The molecule has 1 saturated heterocycles. The van der Waals surface area contributed by atoms with E-state index in [1.165, 1.54) is 25.7 Å². The molecule has 2 aliphatic rings. The molecule has 0 bridgehead atoms. The van der Waals surface area contributed by atoms with Gasteiger partial charge < -0.3 is 14.2 Å². The number of hydrogen-bond acceptors (Lipinski definition) is 4. The molecule has 29 heavy (non-hydrogen) atoms. The summed E-state index contributed by atoms with van der Waals surface area (Å²) >= 11 is 0. The maximum Gasteiger partial charge on any atom is 0.215 e. The van der Waals surface area contributed by atoms with Gasteiger partial charge in [-0.2, -0.15) is 0 Å². The van der Waals surface area contributed by atoms with Gasteiger partial charge in [-0.1, -0.05) is 12.8 Å². The number of ketones is 1. The van der Waals surface area contributed by atoms with Gasteiger partial charge in [0.15, 0.2) is 5.25 Å². The van der Waals surface area contributed by atoms with Crippen molar-refractivity contribution in [3.05, 3.63) is 54.1 Å². The zero-order valence-corrected chi connectivity index (χ0v) is 17.8. The van der Waals surface area contributed by atoms with Crippen molar-refractivity contribution >= 4 is 16.7 Å². The zero-order chi connectivity index (χ0) is 20.1. The van der Waals surface area contributed by atoms with Crippen molar-refractivity contribution in [1.29, 1.82) is 0 Å². The van der Waals surface area contributed by atoms with Crippen LogP contribution in [-0.2, 0) is 15.6 Å². The number of rotatable bonds is 7. The van der Waals surface area contributed by atoms with Gasteiger partial charge >= 0.3 is 0 Å². The van der Waals surface area contributed by atoms with Gasteiger partial charge in [0.25, 0.3) is 0 Å². The first-order chi connectivity index (χ1) is 14.2. The molecule has 1 unspecified atom stereocenters. The number of methoxy groups -OCH3 is 1.